The molecule has 0 radical (unpaired) electrons. The Balaban J connectivity index is 1.60. The van der Waals surface area contributed by atoms with E-state index in [4.69, 9.17) is 0 Å². The van der Waals surface area contributed by atoms with Crippen LogP contribution in [0.3, 0.4) is 0 Å². The molecule has 0 aliphatic carbocycles. The van der Waals surface area contributed by atoms with E-state index in [1.807, 2.05) is 54.6 Å². The summed E-state index contributed by atoms with van der Waals surface area (Å²) in [6, 6.07) is 22.4. The summed E-state index contributed by atoms with van der Waals surface area (Å²) in [4.78, 5) is 13.7. The number of amides is 1. The van der Waals surface area contributed by atoms with Crippen molar-refractivity contribution in [3.05, 3.63) is 109 Å². The fourth-order valence-corrected chi connectivity index (χ4v) is 5.59. The third-order valence-corrected chi connectivity index (χ3v) is 7.54. The zero-order chi connectivity index (χ0) is 27.1. The van der Waals surface area contributed by atoms with Crippen molar-refractivity contribution in [3.63, 3.8) is 0 Å². The maximum absolute atomic E-state index is 12.1. The van der Waals surface area contributed by atoms with Gasteiger partial charge < -0.3 is 4.55 Å². The van der Waals surface area contributed by atoms with Gasteiger partial charge in [-0.2, -0.15) is 4.58 Å². The van der Waals surface area contributed by atoms with Gasteiger partial charge in [0.1, 0.15) is 6.54 Å². The van der Waals surface area contributed by atoms with Crippen LogP contribution in [0.1, 0.15) is 39.2 Å². The van der Waals surface area contributed by atoms with Crippen molar-refractivity contribution in [1.29, 1.82) is 0 Å². The van der Waals surface area contributed by atoms with E-state index in [0.717, 1.165) is 18.7 Å². The van der Waals surface area contributed by atoms with Crippen molar-refractivity contribution >= 4 is 44.8 Å². The summed E-state index contributed by atoms with van der Waals surface area (Å²) in [5.74, 6) is 0.243. The van der Waals surface area contributed by atoms with Crippen molar-refractivity contribution in [2.45, 2.75) is 39.0 Å². The van der Waals surface area contributed by atoms with Gasteiger partial charge in [0.25, 0.3) is 0 Å². The summed E-state index contributed by atoms with van der Waals surface area (Å²) < 4.78 is 22.7. The Morgan fingerprint density at radius 3 is 2.39 bits per heavy atom. The minimum Gasteiger partial charge on any atom is -0.306 e. The topological polar surface area (TPSA) is 60.6 Å². The molecule has 38 heavy (non-hydrogen) atoms. The molecule has 1 heterocycles. The molecule has 0 spiro atoms. The van der Waals surface area contributed by atoms with E-state index in [1.165, 1.54) is 27.7 Å². The number of benzene rings is 3. The van der Waals surface area contributed by atoms with Gasteiger partial charge in [-0.05, 0) is 55.3 Å². The fraction of sp³-hybridized carbons (Fsp3) is 0.250. The number of hydrogen-bond acceptors (Lipinski definition) is 2. The highest BCUT2D eigenvalue weighted by Gasteiger charge is 2.45. The first kappa shape index (κ1) is 27.4. The number of allylic oxidation sites excluding steroid dienone is 5. The van der Waals surface area contributed by atoms with E-state index in [2.05, 4.69) is 60.9 Å². The Bertz CT molecular complexity index is 1450. The zero-order valence-corrected chi connectivity index (χ0v) is 23.0. The van der Waals surface area contributed by atoms with E-state index in [-0.39, 0.29) is 11.3 Å². The van der Waals surface area contributed by atoms with Gasteiger partial charge in [0.15, 0.2) is 16.8 Å². The summed E-state index contributed by atoms with van der Waals surface area (Å²) >= 11 is -1.76. The highest BCUT2D eigenvalue weighted by molar-refractivity contribution is 7.79. The number of hydrogen-bond donors (Lipinski definition) is 1. The SMILES string of the molecule is CC(=O)N(/C=C/C=C/C=C/C1=[N+](CCCCS(=O)O)c2ccc3ccccc3c2C1(C)C)c1ccccc1. The minimum atomic E-state index is -1.76. The number of unbranched alkanes of at least 4 members (excludes halogenated alkanes) is 1. The van der Waals surface area contributed by atoms with Gasteiger partial charge in [0, 0.05) is 48.7 Å². The summed E-state index contributed by atoms with van der Waals surface area (Å²) in [5, 5.41) is 2.47. The van der Waals surface area contributed by atoms with Crippen LogP contribution in [-0.2, 0) is 21.3 Å². The minimum absolute atomic E-state index is 0.0506. The van der Waals surface area contributed by atoms with Gasteiger partial charge in [0.2, 0.25) is 11.6 Å². The van der Waals surface area contributed by atoms with Crippen LogP contribution < -0.4 is 4.90 Å². The number of para-hydroxylation sites is 1. The molecule has 0 aromatic heterocycles. The summed E-state index contributed by atoms with van der Waals surface area (Å²) in [6.45, 7) is 6.84. The van der Waals surface area contributed by atoms with Crippen molar-refractivity contribution in [1.82, 2.24) is 0 Å². The van der Waals surface area contributed by atoms with Crippen LogP contribution in [0, 0.1) is 0 Å². The van der Waals surface area contributed by atoms with E-state index in [9.17, 15) is 13.6 Å². The number of fused-ring (bicyclic) bond motifs is 3. The second kappa shape index (κ2) is 12.3. The Morgan fingerprint density at radius 2 is 1.66 bits per heavy atom. The molecule has 0 fully saturated rings. The van der Waals surface area contributed by atoms with Crippen LogP contribution in [-0.4, -0.2) is 37.3 Å². The first-order valence-corrected chi connectivity index (χ1v) is 14.2. The predicted molar refractivity (Wildman–Crippen MR) is 159 cm³/mol. The second-order valence-electron chi connectivity index (χ2n) is 9.89. The van der Waals surface area contributed by atoms with Crippen LogP contribution in [0.5, 0.6) is 0 Å². The zero-order valence-electron chi connectivity index (χ0n) is 22.2. The van der Waals surface area contributed by atoms with Gasteiger partial charge in [-0.15, -0.1) is 0 Å². The van der Waals surface area contributed by atoms with Crippen LogP contribution in [0.25, 0.3) is 10.8 Å². The Kier molecular flexibility index (Phi) is 8.87. The molecule has 1 N–H and O–H groups in total. The lowest BCUT2D eigenvalue weighted by Gasteiger charge is -2.17. The number of carbonyl (C=O) groups is 1. The molecule has 0 saturated heterocycles. The van der Waals surface area contributed by atoms with Crippen molar-refractivity contribution in [3.8, 4) is 0 Å². The average molecular weight is 528 g/mol. The fourth-order valence-electron chi connectivity index (χ4n) is 5.14. The maximum Gasteiger partial charge on any atom is 0.227 e. The lowest BCUT2D eigenvalue weighted by molar-refractivity contribution is -0.438. The molecule has 4 rings (SSSR count). The predicted octanol–water partition coefficient (Wildman–Crippen LogP) is 6.90. The first-order valence-electron chi connectivity index (χ1n) is 12.9. The van der Waals surface area contributed by atoms with Gasteiger partial charge in [-0.1, -0.05) is 60.7 Å². The molecule has 196 valence electrons. The molecule has 1 aliphatic rings. The standard InChI is InChI=1S/C32H34N2O3S/c1-25(35)33(27-16-7-6-8-17-27)22-12-5-4-9-19-30-32(2,3)31-28-18-11-10-15-26(28)20-21-29(31)34(30)23-13-14-24-38(36)37/h4-12,15-22H,13-14,23-24H2,1-3H3/p+1. The molecule has 0 bridgehead atoms. The number of nitrogens with zero attached hydrogens (tertiary/aromatic N) is 2. The molecule has 5 nitrogen and oxygen atoms in total. The molecule has 3 aromatic rings. The molecule has 1 unspecified atom stereocenters. The van der Waals surface area contributed by atoms with Crippen LogP contribution in [0.2, 0.25) is 0 Å². The third-order valence-electron chi connectivity index (χ3n) is 6.90. The van der Waals surface area contributed by atoms with Gasteiger partial charge >= 0.3 is 0 Å². The number of anilines is 1. The second-order valence-corrected chi connectivity index (χ2v) is 10.9. The van der Waals surface area contributed by atoms with Crippen LogP contribution in [0.4, 0.5) is 11.4 Å². The molecular weight excluding hydrogens is 492 g/mol. The van der Waals surface area contributed by atoms with E-state index in [0.29, 0.717) is 12.2 Å². The van der Waals surface area contributed by atoms with E-state index < -0.39 is 11.1 Å². The Morgan fingerprint density at radius 1 is 0.947 bits per heavy atom. The lowest BCUT2D eigenvalue weighted by atomic mass is 9.79. The normalized spacial score (nSPS) is 15.7. The highest BCUT2D eigenvalue weighted by atomic mass is 32.2. The lowest BCUT2D eigenvalue weighted by Crippen LogP contribution is -2.28. The molecule has 0 saturated carbocycles. The van der Waals surface area contributed by atoms with E-state index >= 15 is 0 Å². The summed E-state index contributed by atoms with van der Waals surface area (Å²) in [7, 11) is 0. The average Bonchev–Trinajstić information content (AvgIpc) is 3.12. The number of rotatable bonds is 10. The summed E-state index contributed by atoms with van der Waals surface area (Å²) in [6.07, 6.45) is 13.2. The third kappa shape index (κ3) is 6.09. The van der Waals surface area contributed by atoms with Crippen molar-refractivity contribution in [2.24, 2.45) is 0 Å². The molecular formula is C32H35N2O3S+. The Labute approximate surface area is 227 Å². The smallest absolute Gasteiger partial charge is 0.227 e. The van der Waals surface area contributed by atoms with Crippen LogP contribution >= 0.6 is 0 Å². The molecule has 1 amide bonds. The van der Waals surface area contributed by atoms with Crippen molar-refractivity contribution in [2.75, 3.05) is 17.2 Å². The monoisotopic (exact) mass is 527 g/mol. The maximum atomic E-state index is 12.1. The largest absolute Gasteiger partial charge is 0.306 e. The Hall–Kier alpha value is -3.61. The van der Waals surface area contributed by atoms with E-state index in [1.54, 1.807) is 18.0 Å². The first-order chi connectivity index (χ1) is 18.3. The summed E-state index contributed by atoms with van der Waals surface area (Å²) in [5.41, 5.74) is 4.31. The number of carbonyl (C=O) groups excluding carboxylic acids is 1. The van der Waals surface area contributed by atoms with Crippen LogP contribution in [0.15, 0.2) is 103 Å². The molecule has 6 heteroatoms. The van der Waals surface area contributed by atoms with Gasteiger partial charge in [-0.25, -0.2) is 4.21 Å². The molecule has 1 aliphatic heterocycles. The van der Waals surface area contributed by atoms with Crippen molar-refractivity contribution < 1.29 is 18.1 Å². The highest BCUT2D eigenvalue weighted by Crippen LogP contribution is 2.44. The molecule has 3 aromatic carbocycles. The van der Waals surface area contributed by atoms with Gasteiger partial charge in [-0.3, -0.25) is 9.69 Å². The van der Waals surface area contributed by atoms with Gasteiger partial charge in [0.05, 0.1) is 5.41 Å². The molecule has 1 atom stereocenters. The quantitative estimate of drug-likeness (QED) is 0.135.